The Morgan fingerprint density at radius 1 is 1.69 bits per heavy atom. The van der Waals surface area contributed by atoms with Crippen LogP contribution in [0.3, 0.4) is 0 Å². The number of carbonyl (C=O) groups excluding carboxylic acids is 1. The number of ether oxygens (including phenoxy) is 1. The first-order valence-corrected chi connectivity index (χ1v) is 5.47. The fourth-order valence-corrected chi connectivity index (χ4v) is 1.48. The van der Waals surface area contributed by atoms with E-state index in [9.17, 15) is 4.79 Å². The van der Waals surface area contributed by atoms with Gasteiger partial charge in [0.15, 0.2) is 0 Å². The molecule has 1 aromatic heterocycles. The van der Waals surface area contributed by atoms with Gasteiger partial charge in [0.1, 0.15) is 5.38 Å². The van der Waals surface area contributed by atoms with E-state index in [1.54, 1.807) is 18.5 Å². The average molecular weight is 263 g/mol. The number of carbonyl (C=O) groups is 1. The molecular weight excluding hydrogens is 251 g/mol. The van der Waals surface area contributed by atoms with Gasteiger partial charge in [-0.25, -0.2) is 0 Å². The molecule has 0 radical (unpaired) electrons. The second kappa shape index (κ2) is 6.68. The fraction of sp³-hybridized carbons (Fsp3) is 0.400. The van der Waals surface area contributed by atoms with Gasteiger partial charge >= 0.3 is 5.97 Å². The number of nitrogens with one attached hydrogen (secondary N) is 1. The van der Waals surface area contributed by atoms with Crippen LogP contribution in [0.1, 0.15) is 5.56 Å². The summed E-state index contributed by atoms with van der Waals surface area (Å²) in [5, 5.41) is 2.91. The summed E-state index contributed by atoms with van der Waals surface area (Å²) >= 11 is 11.7. The molecule has 0 saturated carbocycles. The number of hydrogen-bond donors (Lipinski definition) is 1. The molecular formula is C10H12Cl2N2O2. The van der Waals surface area contributed by atoms with Gasteiger partial charge in [-0.1, -0.05) is 11.6 Å². The standard InChI is InChI=1S/C10H12Cl2N2O2/c1-16-10(15)9(12)6-14-4-7-2-3-13-5-8(7)11/h2-3,5,9,14H,4,6H2,1H3. The monoisotopic (exact) mass is 262 g/mol. The van der Waals surface area contributed by atoms with Gasteiger partial charge in [-0.2, -0.15) is 0 Å². The summed E-state index contributed by atoms with van der Waals surface area (Å²) in [4.78, 5) is 14.9. The number of pyridine rings is 1. The molecule has 0 saturated heterocycles. The highest BCUT2D eigenvalue weighted by Gasteiger charge is 2.14. The van der Waals surface area contributed by atoms with Crippen molar-refractivity contribution in [3.63, 3.8) is 0 Å². The zero-order chi connectivity index (χ0) is 12.0. The minimum absolute atomic E-state index is 0.326. The molecule has 88 valence electrons. The fourth-order valence-electron chi connectivity index (χ4n) is 1.09. The lowest BCUT2D eigenvalue weighted by atomic mass is 10.2. The number of rotatable bonds is 5. The molecule has 1 N–H and O–H groups in total. The van der Waals surface area contributed by atoms with Gasteiger partial charge in [-0.15, -0.1) is 11.6 Å². The summed E-state index contributed by atoms with van der Waals surface area (Å²) in [6.07, 6.45) is 3.22. The zero-order valence-electron chi connectivity index (χ0n) is 8.74. The Kier molecular flexibility index (Phi) is 5.52. The summed E-state index contributed by atoms with van der Waals surface area (Å²) < 4.78 is 4.49. The Hall–Kier alpha value is -0.840. The molecule has 1 rings (SSSR count). The molecule has 16 heavy (non-hydrogen) atoms. The normalized spacial score (nSPS) is 12.2. The van der Waals surface area contributed by atoms with Crippen molar-refractivity contribution in [3.05, 3.63) is 29.0 Å². The molecule has 1 heterocycles. The number of methoxy groups -OCH3 is 1. The minimum atomic E-state index is -0.689. The molecule has 6 heteroatoms. The molecule has 0 aromatic carbocycles. The molecule has 0 fully saturated rings. The maximum absolute atomic E-state index is 11.0. The average Bonchev–Trinajstić information content (AvgIpc) is 2.30. The van der Waals surface area contributed by atoms with E-state index in [1.807, 2.05) is 0 Å². The van der Waals surface area contributed by atoms with E-state index in [0.29, 0.717) is 18.1 Å². The van der Waals surface area contributed by atoms with E-state index in [4.69, 9.17) is 23.2 Å². The number of nitrogens with zero attached hydrogens (tertiary/aromatic N) is 1. The van der Waals surface area contributed by atoms with Gasteiger partial charge in [-0.05, 0) is 11.6 Å². The van der Waals surface area contributed by atoms with Gasteiger partial charge in [0.05, 0.1) is 12.1 Å². The third-order valence-electron chi connectivity index (χ3n) is 1.95. The number of halogens is 2. The SMILES string of the molecule is COC(=O)C(Cl)CNCc1ccncc1Cl. The maximum atomic E-state index is 11.0. The van der Waals surface area contributed by atoms with Crippen molar-refractivity contribution < 1.29 is 9.53 Å². The van der Waals surface area contributed by atoms with E-state index in [2.05, 4.69) is 15.0 Å². The van der Waals surface area contributed by atoms with Crippen LogP contribution in [-0.2, 0) is 16.1 Å². The molecule has 4 nitrogen and oxygen atoms in total. The molecule has 1 aromatic rings. The number of hydrogen-bond acceptors (Lipinski definition) is 4. The first-order chi connectivity index (χ1) is 7.65. The van der Waals surface area contributed by atoms with Crippen molar-refractivity contribution in [1.82, 2.24) is 10.3 Å². The van der Waals surface area contributed by atoms with Crippen LogP contribution in [0.25, 0.3) is 0 Å². The molecule has 0 amide bonds. The van der Waals surface area contributed by atoms with Crippen molar-refractivity contribution in [1.29, 1.82) is 0 Å². The van der Waals surface area contributed by atoms with E-state index < -0.39 is 11.3 Å². The summed E-state index contributed by atoms with van der Waals surface area (Å²) in [5.74, 6) is -0.449. The highest BCUT2D eigenvalue weighted by Crippen LogP contribution is 2.12. The second-order valence-electron chi connectivity index (χ2n) is 3.09. The second-order valence-corrected chi connectivity index (χ2v) is 4.02. The van der Waals surface area contributed by atoms with Crippen molar-refractivity contribution in [2.45, 2.75) is 11.9 Å². The van der Waals surface area contributed by atoms with E-state index >= 15 is 0 Å². The van der Waals surface area contributed by atoms with Gasteiger partial charge in [0, 0.05) is 25.5 Å². The molecule has 0 spiro atoms. The predicted octanol–water partition coefficient (Wildman–Crippen LogP) is 1.60. The van der Waals surface area contributed by atoms with Crippen LogP contribution < -0.4 is 5.32 Å². The van der Waals surface area contributed by atoms with E-state index in [-0.39, 0.29) is 0 Å². The minimum Gasteiger partial charge on any atom is -0.468 e. The van der Waals surface area contributed by atoms with Crippen LogP contribution >= 0.6 is 23.2 Å². The Morgan fingerprint density at radius 2 is 2.44 bits per heavy atom. The maximum Gasteiger partial charge on any atom is 0.325 e. The third kappa shape index (κ3) is 3.96. The number of alkyl halides is 1. The Bertz CT molecular complexity index is 360. The largest absolute Gasteiger partial charge is 0.468 e. The van der Waals surface area contributed by atoms with Crippen molar-refractivity contribution in [2.75, 3.05) is 13.7 Å². The molecule has 1 unspecified atom stereocenters. The lowest BCUT2D eigenvalue weighted by Gasteiger charge is -2.09. The van der Waals surface area contributed by atoms with Crippen LogP contribution in [0.5, 0.6) is 0 Å². The quantitative estimate of drug-likeness (QED) is 0.647. The lowest BCUT2D eigenvalue weighted by molar-refractivity contribution is -0.140. The summed E-state index contributed by atoms with van der Waals surface area (Å²) in [5.41, 5.74) is 0.908. The number of esters is 1. The first kappa shape index (κ1) is 13.2. The van der Waals surface area contributed by atoms with Gasteiger partial charge < -0.3 is 10.1 Å². The van der Waals surface area contributed by atoms with Gasteiger partial charge in [0.25, 0.3) is 0 Å². The lowest BCUT2D eigenvalue weighted by Crippen LogP contribution is -2.29. The summed E-state index contributed by atoms with van der Waals surface area (Å²) in [7, 11) is 1.30. The highest BCUT2D eigenvalue weighted by molar-refractivity contribution is 6.31. The van der Waals surface area contributed by atoms with Crippen molar-refractivity contribution in [2.24, 2.45) is 0 Å². The van der Waals surface area contributed by atoms with Crippen LogP contribution in [0, 0.1) is 0 Å². The molecule has 0 aliphatic rings. The smallest absolute Gasteiger partial charge is 0.325 e. The van der Waals surface area contributed by atoms with E-state index in [1.165, 1.54) is 7.11 Å². The number of aromatic nitrogens is 1. The molecule has 1 atom stereocenters. The van der Waals surface area contributed by atoms with Gasteiger partial charge in [-0.3, -0.25) is 9.78 Å². The van der Waals surface area contributed by atoms with Crippen LogP contribution in [0.4, 0.5) is 0 Å². The van der Waals surface area contributed by atoms with Crippen molar-refractivity contribution in [3.8, 4) is 0 Å². The first-order valence-electron chi connectivity index (χ1n) is 4.66. The summed E-state index contributed by atoms with van der Waals surface area (Å²) in [6.45, 7) is 0.856. The molecule has 0 bridgehead atoms. The zero-order valence-corrected chi connectivity index (χ0v) is 10.3. The van der Waals surface area contributed by atoms with E-state index in [0.717, 1.165) is 5.56 Å². The third-order valence-corrected chi connectivity index (χ3v) is 2.63. The Labute approximate surface area is 104 Å². The van der Waals surface area contributed by atoms with Gasteiger partial charge in [0.2, 0.25) is 0 Å². The van der Waals surface area contributed by atoms with Crippen LogP contribution in [0.15, 0.2) is 18.5 Å². The Balaban J connectivity index is 2.36. The summed E-state index contributed by atoms with van der Waals surface area (Å²) in [6, 6.07) is 1.80. The van der Waals surface area contributed by atoms with Crippen molar-refractivity contribution >= 4 is 29.2 Å². The van der Waals surface area contributed by atoms with Crippen LogP contribution in [0.2, 0.25) is 5.02 Å². The highest BCUT2D eigenvalue weighted by atomic mass is 35.5. The molecule has 0 aliphatic carbocycles. The van der Waals surface area contributed by atoms with Crippen LogP contribution in [-0.4, -0.2) is 30.0 Å². The Morgan fingerprint density at radius 3 is 3.06 bits per heavy atom. The predicted molar refractivity (Wildman–Crippen MR) is 62.6 cm³/mol. The molecule has 0 aliphatic heterocycles. The topological polar surface area (TPSA) is 51.2 Å².